The van der Waals surface area contributed by atoms with Crippen LogP contribution < -0.4 is 0 Å². The Hall–Kier alpha value is -8.19. The van der Waals surface area contributed by atoms with Gasteiger partial charge in [-0.25, -0.2) is 20.0 Å². The smallest absolute Gasteiger partial charge is 0.160 e. The summed E-state index contributed by atoms with van der Waals surface area (Å²) in [6.45, 7) is 2.21. The number of allylic oxidation sites excluding steroid dienone is 3. The predicted octanol–water partition coefficient (Wildman–Crippen LogP) is 15.6. The van der Waals surface area contributed by atoms with E-state index in [-0.39, 0.29) is 5.84 Å². The number of benzene rings is 7. The summed E-state index contributed by atoms with van der Waals surface area (Å²) in [6, 6.07) is 64.6. The minimum absolute atomic E-state index is 0.184. The second-order valence-electron chi connectivity index (χ2n) is 16.2. The average molecular weight is 868 g/mol. The van der Waals surface area contributed by atoms with Crippen LogP contribution >= 0.6 is 11.3 Å². The lowest BCUT2D eigenvalue weighted by Gasteiger charge is -2.13. The third kappa shape index (κ3) is 9.36. The number of aliphatic imine (C=N–C) groups is 2. The Kier molecular flexibility index (Phi) is 12.2. The lowest BCUT2D eigenvalue weighted by molar-refractivity contribution is 1.000. The van der Waals surface area contributed by atoms with E-state index >= 15 is 0 Å². The van der Waals surface area contributed by atoms with Crippen molar-refractivity contribution in [3.8, 4) is 56.2 Å². The lowest BCUT2D eigenvalue weighted by Crippen LogP contribution is -2.07. The largest absolute Gasteiger partial charge is 0.282 e. The molecule has 1 aliphatic carbocycles. The molecular weight excluding hydrogens is 823 g/mol. The highest BCUT2D eigenvalue weighted by atomic mass is 32.1. The molecule has 6 heteroatoms. The van der Waals surface area contributed by atoms with Gasteiger partial charge in [0, 0.05) is 49.0 Å². The zero-order chi connectivity index (χ0) is 44.7. The van der Waals surface area contributed by atoms with Gasteiger partial charge in [-0.2, -0.15) is 0 Å². The molecule has 9 aromatic rings. The fourth-order valence-corrected chi connectivity index (χ4v) is 9.39. The van der Waals surface area contributed by atoms with Crippen molar-refractivity contribution in [3.05, 3.63) is 239 Å². The zero-order valence-electron chi connectivity index (χ0n) is 36.5. The van der Waals surface area contributed by atoms with Crippen LogP contribution in [0.15, 0.2) is 222 Å². The van der Waals surface area contributed by atoms with Crippen molar-refractivity contribution in [3.63, 3.8) is 0 Å². The van der Waals surface area contributed by atoms with Gasteiger partial charge in [0.1, 0.15) is 0 Å². The molecule has 0 spiro atoms. The van der Waals surface area contributed by atoms with E-state index < -0.39 is 0 Å². The van der Waals surface area contributed by atoms with E-state index in [2.05, 4.69) is 159 Å². The van der Waals surface area contributed by atoms with Crippen LogP contribution in [0.4, 0.5) is 0 Å². The van der Waals surface area contributed by atoms with E-state index in [0.29, 0.717) is 11.7 Å². The first-order valence-electron chi connectivity index (χ1n) is 22.2. The van der Waals surface area contributed by atoms with Gasteiger partial charge >= 0.3 is 0 Å². The molecule has 10 rings (SSSR count). The summed E-state index contributed by atoms with van der Waals surface area (Å²) in [5.41, 5.74) is 14.2. The Morgan fingerprint density at radius 3 is 1.92 bits per heavy atom. The number of hydrogen-bond donors (Lipinski definition) is 1. The SMILES string of the molecule is Cc1sc2c(-c3cccc(C=NC(=NC(=N)c4ccccc4)C4=CC=CCC4)c3)cc(-c3cc(-c4ccc(-c5ccccc5)cc4)nc(-c4ccccc4)n3)cc2c1/C=C/c1ccccc1. The predicted molar refractivity (Wildman–Crippen MR) is 279 cm³/mol. The van der Waals surface area contributed by atoms with Crippen molar-refractivity contribution in [1.82, 2.24) is 9.97 Å². The Morgan fingerprint density at radius 2 is 1.21 bits per heavy atom. The molecule has 0 saturated carbocycles. The number of nitrogens with zero attached hydrogens (tertiary/aromatic N) is 4. The van der Waals surface area contributed by atoms with Gasteiger partial charge in [-0.05, 0) is 83.0 Å². The van der Waals surface area contributed by atoms with Crippen LogP contribution in [0.1, 0.15) is 40.0 Å². The van der Waals surface area contributed by atoms with E-state index in [1.807, 2.05) is 84.3 Å². The van der Waals surface area contributed by atoms with Crippen LogP contribution in [0.5, 0.6) is 0 Å². The summed E-state index contributed by atoms with van der Waals surface area (Å²) < 4.78 is 1.20. The van der Waals surface area contributed by atoms with Crippen molar-refractivity contribution in [2.75, 3.05) is 0 Å². The molecule has 2 heterocycles. The Labute approximate surface area is 389 Å². The molecule has 0 bridgehead atoms. The van der Waals surface area contributed by atoms with Crippen molar-refractivity contribution in [1.29, 1.82) is 5.41 Å². The minimum Gasteiger partial charge on any atom is -0.282 e. The summed E-state index contributed by atoms with van der Waals surface area (Å²) >= 11 is 1.81. The summed E-state index contributed by atoms with van der Waals surface area (Å²) in [7, 11) is 0. The third-order valence-corrected chi connectivity index (χ3v) is 12.9. The first-order chi connectivity index (χ1) is 32.5. The fourth-order valence-electron chi connectivity index (χ4n) is 8.23. The van der Waals surface area contributed by atoms with Crippen LogP contribution in [0, 0.1) is 12.3 Å². The number of thiophene rings is 1. The van der Waals surface area contributed by atoms with E-state index in [0.717, 1.165) is 85.3 Å². The second-order valence-corrected chi connectivity index (χ2v) is 17.4. The Balaban J connectivity index is 1.11. The highest BCUT2D eigenvalue weighted by Crippen LogP contribution is 2.43. The van der Waals surface area contributed by atoms with Gasteiger partial charge in [0.25, 0.3) is 0 Å². The summed E-state index contributed by atoms with van der Waals surface area (Å²) in [5.74, 6) is 1.40. The maximum Gasteiger partial charge on any atom is 0.160 e. The normalized spacial score (nSPS) is 12.9. The van der Waals surface area contributed by atoms with Crippen LogP contribution in [0.2, 0.25) is 0 Å². The first-order valence-corrected chi connectivity index (χ1v) is 23.0. The molecule has 1 aliphatic rings. The van der Waals surface area contributed by atoms with Gasteiger partial charge in [0.05, 0.1) is 11.4 Å². The Bertz CT molecular complexity index is 3350. The number of amidine groups is 2. The van der Waals surface area contributed by atoms with Gasteiger partial charge in [-0.15, -0.1) is 11.3 Å². The van der Waals surface area contributed by atoms with Crippen molar-refractivity contribution >= 4 is 51.5 Å². The van der Waals surface area contributed by atoms with E-state index in [1.165, 1.54) is 20.7 Å². The number of fused-ring (bicyclic) bond motifs is 1. The van der Waals surface area contributed by atoms with Gasteiger partial charge < -0.3 is 0 Å². The highest BCUT2D eigenvalue weighted by Gasteiger charge is 2.18. The molecule has 0 radical (unpaired) electrons. The molecule has 0 fully saturated rings. The molecule has 5 nitrogen and oxygen atoms in total. The molecule has 316 valence electrons. The minimum atomic E-state index is 0.184. The maximum absolute atomic E-state index is 8.82. The first kappa shape index (κ1) is 41.8. The molecule has 0 unspecified atom stereocenters. The standard InChI is InChI=1S/C60H45N5S/c1-41-52(35-30-42-18-7-2-8-19-42)54-38-51(56-39-55(63-60(64-56)49-27-15-6-16-28-49)46-33-31-45(32-34-46)44-21-9-3-10-22-44)37-53(57(54)66-41)50-29-17-20-43(36-50)40-62-59(48-25-13-5-14-26-48)65-58(61)47-23-11-4-12-24-47/h2-13,15-25,27-40,61H,14,26H2,1H3/b35-30+,61-58?,62-40?,65-59?. The molecule has 7 aromatic carbocycles. The van der Waals surface area contributed by atoms with Gasteiger partial charge in [0.15, 0.2) is 17.5 Å². The topological polar surface area (TPSA) is 74.3 Å². The lowest BCUT2D eigenvalue weighted by atomic mass is 9.95. The molecule has 0 aliphatic heterocycles. The van der Waals surface area contributed by atoms with Crippen LogP contribution in [0.3, 0.4) is 0 Å². The number of nitrogens with one attached hydrogen (secondary N) is 1. The van der Waals surface area contributed by atoms with Gasteiger partial charge in [0.2, 0.25) is 0 Å². The molecule has 2 aromatic heterocycles. The third-order valence-electron chi connectivity index (χ3n) is 11.7. The summed E-state index contributed by atoms with van der Waals surface area (Å²) in [5, 5.41) is 9.98. The van der Waals surface area contributed by atoms with E-state index in [1.54, 1.807) is 0 Å². The summed E-state index contributed by atoms with van der Waals surface area (Å²) in [6.07, 6.45) is 14.3. The second kappa shape index (κ2) is 19.3. The molecular formula is C60H45N5S. The maximum atomic E-state index is 8.82. The Morgan fingerprint density at radius 1 is 0.591 bits per heavy atom. The molecule has 1 N–H and O–H groups in total. The number of hydrogen-bond acceptors (Lipinski definition) is 4. The summed E-state index contributed by atoms with van der Waals surface area (Å²) in [4.78, 5) is 21.5. The average Bonchev–Trinajstić information content (AvgIpc) is 3.72. The molecule has 0 saturated heterocycles. The van der Waals surface area contributed by atoms with Gasteiger partial charge in [-0.3, -0.25) is 5.41 Å². The van der Waals surface area contributed by atoms with Gasteiger partial charge in [-0.1, -0.05) is 194 Å². The molecule has 0 amide bonds. The van der Waals surface area contributed by atoms with Crippen LogP contribution in [0.25, 0.3) is 78.4 Å². The van der Waals surface area contributed by atoms with E-state index in [9.17, 15) is 0 Å². The van der Waals surface area contributed by atoms with Crippen LogP contribution in [-0.4, -0.2) is 27.9 Å². The van der Waals surface area contributed by atoms with Crippen molar-refractivity contribution in [2.45, 2.75) is 19.8 Å². The number of rotatable bonds is 10. The highest BCUT2D eigenvalue weighted by molar-refractivity contribution is 7.20. The van der Waals surface area contributed by atoms with Crippen molar-refractivity contribution < 1.29 is 0 Å². The number of aryl methyl sites for hydroxylation is 1. The number of aromatic nitrogens is 2. The van der Waals surface area contributed by atoms with Crippen molar-refractivity contribution in [2.24, 2.45) is 9.98 Å². The quantitative estimate of drug-likeness (QED) is 0.110. The molecule has 0 atom stereocenters. The van der Waals surface area contributed by atoms with E-state index in [4.69, 9.17) is 25.4 Å². The zero-order valence-corrected chi connectivity index (χ0v) is 37.3. The fraction of sp³-hybridized carbons (Fsp3) is 0.0500. The molecule has 66 heavy (non-hydrogen) atoms. The van der Waals surface area contributed by atoms with Crippen LogP contribution in [-0.2, 0) is 0 Å². The monoisotopic (exact) mass is 867 g/mol.